The summed E-state index contributed by atoms with van der Waals surface area (Å²) in [7, 11) is 3.59. The number of carbonyl (C=O) groups is 2. The highest BCUT2D eigenvalue weighted by Gasteiger charge is 2.22. The van der Waals surface area contributed by atoms with Crippen LogP contribution in [-0.4, -0.2) is 59.2 Å². The van der Waals surface area contributed by atoms with Crippen molar-refractivity contribution in [2.45, 2.75) is 39.5 Å². The van der Waals surface area contributed by atoms with Crippen LogP contribution in [0.3, 0.4) is 0 Å². The fraction of sp³-hybridized carbons (Fsp3) is 0.286. The van der Waals surface area contributed by atoms with Gasteiger partial charge in [0.1, 0.15) is 17.3 Å². The molecule has 0 aliphatic rings. The third-order valence-electron chi connectivity index (χ3n) is 7.00. The van der Waals surface area contributed by atoms with Crippen molar-refractivity contribution in [2.24, 2.45) is 0 Å². The Kier molecular flexibility index (Phi) is 13.1. The number of aryl methyl sites for hydroxylation is 2. The van der Waals surface area contributed by atoms with Crippen molar-refractivity contribution in [1.82, 2.24) is 15.0 Å². The van der Waals surface area contributed by atoms with Crippen LogP contribution in [0.15, 0.2) is 75.7 Å². The number of ether oxygens (including phenoxy) is 1. The van der Waals surface area contributed by atoms with Crippen LogP contribution < -0.4 is 10.2 Å². The molecule has 5 aromatic rings. The van der Waals surface area contributed by atoms with Gasteiger partial charge in [-0.05, 0) is 49.2 Å². The Labute approximate surface area is 288 Å². The minimum atomic E-state index is -1.08. The second-order valence-corrected chi connectivity index (χ2v) is 11.4. The van der Waals surface area contributed by atoms with Crippen LogP contribution >= 0.6 is 23.2 Å². The van der Waals surface area contributed by atoms with Gasteiger partial charge in [-0.15, -0.1) is 0 Å². The zero-order chi connectivity index (χ0) is 34.6. The first-order chi connectivity index (χ1) is 23.2. The summed E-state index contributed by atoms with van der Waals surface area (Å²) in [6.07, 6.45) is 4.37. The molecule has 3 aromatic heterocycles. The lowest BCUT2D eigenvalue weighted by molar-refractivity contribution is 0.0688. The van der Waals surface area contributed by atoms with Crippen molar-refractivity contribution in [1.29, 1.82) is 0 Å². The maximum Gasteiger partial charge on any atom is 0.358 e. The molecule has 3 heterocycles. The average Bonchev–Trinajstić information content (AvgIpc) is 3.70. The van der Waals surface area contributed by atoms with Crippen LogP contribution in [0.4, 0.5) is 11.5 Å². The average molecular weight is 695 g/mol. The number of pyridine rings is 1. The Morgan fingerprint density at radius 3 is 1.88 bits per heavy atom. The Balaban J connectivity index is 0.000000246. The quantitative estimate of drug-likeness (QED) is 0.123. The van der Waals surface area contributed by atoms with Gasteiger partial charge in [-0.25, -0.2) is 19.7 Å². The zero-order valence-electron chi connectivity index (χ0n) is 27.1. The standard InChI is InChI=1S/C22H25ClN4O3.C13H12ClNO3/c1-4-7-18-20(26-22(30-18)16-8-5-6-9-17(16)23)21(28)25-15-10-11-19(24-14-15)27(2)12-13-29-3;1-2-5-10-11(13(16)17)15-12(18-10)8-6-3-4-7-9(8)14/h5-6,8-11,14H,4,7,12-13H2,1-3H3,(H,25,28);3-4,6-7H,2,5H2,1H3,(H,16,17). The topological polar surface area (TPSA) is 144 Å². The fourth-order valence-corrected chi connectivity index (χ4v) is 4.99. The second kappa shape index (κ2) is 17.4. The number of methoxy groups -OCH3 is 1. The summed E-state index contributed by atoms with van der Waals surface area (Å²) >= 11 is 12.3. The molecule has 0 radical (unpaired) electrons. The van der Waals surface area contributed by atoms with Crippen LogP contribution in [0.2, 0.25) is 10.0 Å². The Hall–Kier alpha value is -4.71. The number of aromatic nitrogens is 3. The summed E-state index contributed by atoms with van der Waals surface area (Å²) in [4.78, 5) is 38.8. The molecule has 2 N–H and O–H groups in total. The van der Waals surface area contributed by atoms with Crippen molar-refractivity contribution in [3.63, 3.8) is 0 Å². The largest absolute Gasteiger partial charge is 0.476 e. The summed E-state index contributed by atoms with van der Waals surface area (Å²) in [5.74, 6) is 0.875. The molecule has 1 amide bonds. The number of nitrogens with zero attached hydrogens (tertiary/aromatic N) is 4. The number of amides is 1. The van der Waals surface area contributed by atoms with Gasteiger partial charge in [0.25, 0.3) is 5.91 Å². The van der Waals surface area contributed by atoms with Crippen molar-refractivity contribution in [3.8, 4) is 22.9 Å². The number of hydrogen-bond donors (Lipinski definition) is 2. The van der Waals surface area contributed by atoms with E-state index < -0.39 is 5.97 Å². The first-order valence-corrected chi connectivity index (χ1v) is 16.1. The van der Waals surface area contributed by atoms with E-state index in [2.05, 4.69) is 20.3 Å². The van der Waals surface area contributed by atoms with Crippen LogP contribution in [0.1, 0.15) is 59.2 Å². The Morgan fingerprint density at radius 2 is 1.40 bits per heavy atom. The molecule has 0 aliphatic heterocycles. The molecule has 5 rings (SSSR count). The number of benzene rings is 2. The van der Waals surface area contributed by atoms with Crippen LogP contribution in [-0.2, 0) is 17.6 Å². The van der Waals surface area contributed by atoms with Crippen molar-refractivity contribution >= 4 is 46.6 Å². The summed E-state index contributed by atoms with van der Waals surface area (Å²) in [5.41, 5.74) is 2.05. The Bertz CT molecular complexity index is 1820. The molecule has 2 aromatic carbocycles. The first kappa shape index (κ1) is 36.1. The van der Waals surface area contributed by atoms with E-state index in [1.807, 2.05) is 50.1 Å². The lowest BCUT2D eigenvalue weighted by Crippen LogP contribution is -2.23. The van der Waals surface area contributed by atoms with Gasteiger partial charge in [0.15, 0.2) is 11.4 Å². The first-order valence-electron chi connectivity index (χ1n) is 15.4. The van der Waals surface area contributed by atoms with Gasteiger partial charge in [0.2, 0.25) is 11.8 Å². The molecule has 0 fully saturated rings. The molecular formula is C35H37Cl2N5O6. The molecule has 0 atom stereocenters. The molecule has 0 spiro atoms. The SMILES string of the molecule is CCCc1oc(-c2ccccc2Cl)nc1C(=O)Nc1ccc(N(C)CCOC)nc1.CCCc1oc(-c2ccccc2Cl)nc1C(=O)O. The number of aromatic carboxylic acids is 1. The van der Waals surface area contributed by atoms with Gasteiger partial charge in [-0.1, -0.05) is 61.3 Å². The molecule has 13 heteroatoms. The number of likely N-dealkylation sites (N-methyl/N-ethyl adjacent to an activating group) is 1. The normalized spacial score (nSPS) is 10.7. The van der Waals surface area contributed by atoms with E-state index >= 15 is 0 Å². The number of carboxylic acids is 1. The molecule has 0 saturated heterocycles. The van der Waals surface area contributed by atoms with E-state index in [0.29, 0.717) is 63.7 Å². The lowest BCUT2D eigenvalue weighted by atomic mass is 10.2. The van der Waals surface area contributed by atoms with Crippen LogP contribution in [0.5, 0.6) is 0 Å². The molecule has 0 bridgehead atoms. The van der Waals surface area contributed by atoms with E-state index in [0.717, 1.165) is 25.2 Å². The number of rotatable bonds is 13. The number of halogens is 2. The van der Waals surface area contributed by atoms with Gasteiger partial charge in [0, 0.05) is 33.5 Å². The highest BCUT2D eigenvalue weighted by atomic mass is 35.5. The summed E-state index contributed by atoms with van der Waals surface area (Å²) in [5, 5.41) is 12.9. The van der Waals surface area contributed by atoms with E-state index in [1.165, 1.54) is 0 Å². The van der Waals surface area contributed by atoms with Crippen molar-refractivity contribution < 1.29 is 28.3 Å². The minimum absolute atomic E-state index is 0.0354. The minimum Gasteiger partial charge on any atom is -0.476 e. The molecule has 0 unspecified atom stereocenters. The van der Waals surface area contributed by atoms with Crippen LogP contribution in [0.25, 0.3) is 22.9 Å². The maximum atomic E-state index is 12.9. The number of nitrogens with one attached hydrogen (secondary N) is 1. The molecular weight excluding hydrogens is 657 g/mol. The van der Waals surface area contributed by atoms with E-state index in [1.54, 1.807) is 49.7 Å². The monoisotopic (exact) mass is 693 g/mol. The number of carbonyl (C=O) groups excluding carboxylic acids is 1. The van der Waals surface area contributed by atoms with Crippen LogP contribution in [0, 0.1) is 0 Å². The third kappa shape index (κ3) is 9.21. The summed E-state index contributed by atoms with van der Waals surface area (Å²) in [6, 6.07) is 17.9. The predicted molar refractivity (Wildman–Crippen MR) is 186 cm³/mol. The number of oxazole rings is 2. The van der Waals surface area contributed by atoms with Gasteiger partial charge in [-0.3, -0.25) is 4.79 Å². The second-order valence-electron chi connectivity index (χ2n) is 10.6. The maximum absolute atomic E-state index is 12.9. The molecule has 48 heavy (non-hydrogen) atoms. The molecule has 11 nitrogen and oxygen atoms in total. The lowest BCUT2D eigenvalue weighted by Gasteiger charge is -2.17. The van der Waals surface area contributed by atoms with Gasteiger partial charge >= 0.3 is 5.97 Å². The predicted octanol–water partition coefficient (Wildman–Crippen LogP) is 8.32. The molecule has 252 valence electrons. The van der Waals surface area contributed by atoms with E-state index in [4.69, 9.17) is 41.9 Å². The van der Waals surface area contributed by atoms with Crippen molar-refractivity contribution in [3.05, 3.63) is 99.8 Å². The number of hydrogen-bond acceptors (Lipinski definition) is 9. The number of carboxylic acid groups (broad SMARTS) is 1. The molecule has 0 aliphatic carbocycles. The molecule has 0 saturated carbocycles. The van der Waals surface area contributed by atoms with Crippen molar-refractivity contribution in [2.75, 3.05) is 37.5 Å². The zero-order valence-corrected chi connectivity index (χ0v) is 28.6. The smallest absolute Gasteiger partial charge is 0.358 e. The highest BCUT2D eigenvalue weighted by Crippen LogP contribution is 2.30. The van der Waals surface area contributed by atoms with E-state index in [-0.39, 0.29) is 23.2 Å². The highest BCUT2D eigenvalue weighted by molar-refractivity contribution is 6.33. The van der Waals surface area contributed by atoms with Gasteiger partial charge in [-0.2, -0.15) is 0 Å². The van der Waals surface area contributed by atoms with E-state index in [9.17, 15) is 9.59 Å². The third-order valence-corrected chi connectivity index (χ3v) is 7.66. The summed E-state index contributed by atoms with van der Waals surface area (Å²) in [6.45, 7) is 5.29. The van der Waals surface area contributed by atoms with Gasteiger partial charge < -0.3 is 28.9 Å². The fourth-order valence-electron chi connectivity index (χ4n) is 4.56. The Morgan fingerprint density at radius 1 is 0.854 bits per heavy atom. The number of anilines is 2. The summed E-state index contributed by atoms with van der Waals surface area (Å²) < 4.78 is 16.5. The van der Waals surface area contributed by atoms with Gasteiger partial charge in [0.05, 0.1) is 39.7 Å².